The van der Waals surface area contributed by atoms with E-state index in [0.29, 0.717) is 11.3 Å². The van der Waals surface area contributed by atoms with E-state index in [0.717, 1.165) is 10.8 Å². The molecule has 0 fully saturated rings. The third-order valence-corrected chi connectivity index (χ3v) is 2.87. The van der Waals surface area contributed by atoms with E-state index in [1.807, 2.05) is 0 Å². The molecule has 0 amide bonds. The van der Waals surface area contributed by atoms with Gasteiger partial charge in [-0.15, -0.1) is 0 Å². The van der Waals surface area contributed by atoms with E-state index in [9.17, 15) is 19.7 Å². The molecule has 1 heterocycles. The van der Waals surface area contributed by atoms with Crippen molar-refractivity contribution in [1.29, 1.82) is 0 Å². The van der Waals surface area contributed by atoms with Crippen LogP contribution in [0, 0.1) is 10.1 Å². The summed E-state index contributed by atoms with van der Waals surface area (Å²) in [5.74, 6) is -1.17. The van der Waals surface area contributed by atoms with E-state index >= 15 is 0 Å². The minimum absolute atomic E-state index is 0.0560. The number of aryl methyl sites for hydroxylation is 1. The quantitative estimate of drug-likeness (QED) is 0.519. The number of non-ortho nitro benzene ring substituents is 1. The van der Waals surface area contributed by atoms with E-state index in [1.165, 1.54) is 43.5 Å². The highest BCUT2D eigenvalue weighted by Crippen LogP contribution is 2.20. The predicted octanol–water partition coefficient (Wildman–Crippen LogP) is 1.45. The van der Waals surface area contributed by atoms with Crippen LogP contribution in [-0.4, -0.2) is 25.8 Å². The number of nitro benzene ring substituents is 1. The molecule has 0 spiro atoms. The number of aliphatic carboxylic acids is 1. The lowest BCUT2D eigenvalue weighted by atomic mass is 10.1. The molecular weight excluding hydrogens is 290 g/mol. The zero-order valence-electron chi connectivity index (χ0n) is 11.5. The van der Waals surface area contributed by atoms with E-state index in [2.05, 4.69) is 5.10 Å². The summed E-state index contributed by atoms with van der Waals surface area (Å²) in [6, 6.07) is 7.11. The SMILES string of the molecule is Cn1nc(-c2ccc([N+](=O)[O-])cc2)cc(/C=C/C(=O)O)c1=O. The maximum atomic E-state index is 11.9. The molecule has 0 radical (unpaired) electrons. The molecule has 112 valence electrons. The largest absolute Gasteiger partial charge is 0.478 e. The molecule has 0 aliphatic rings. The lowest BCUT2D eigenvalue weighted by molar-refractivity contribution is -0.384. The van der Waals surface area contributed by atoms with Crippen LogP contribution in [0.25, 0.3) is 17.3 Å². The van der Waals surface area contributed by atoms with Crippen LogP contribution >= 0.6 is 0 Å². The highest BCUT2D eigenvalue weighted by Gasteiger charge is 2.09. The third-order valence-electron chi connectivity index (χ3n) is 2.87. The molecule has 0 atom stereocenters. The van der Waals surface area contributed by atoms with Crippen molar-refractivity contribution >= 4 is 17.7 Å². The summed E-state index contributed by atoms with van der Waals surface area (Å²) < 4.78 is 1.08. The van der Waals surface area contributed by atoms with E-state index < -0.39 is 16.5 Å². The third kappa shape index (κ3) is 3.23. The van der Waals surface area contributed by atoms with E-state index in [-0.39, 0.29) is 11.3 Å². The standard InChI is InChI=1S/C14H11N3O5/c1-16-14(20)10(4-7-13(18)19)8-12(15-16)9-2-5-11(6-3-9)17(21)22/h2-8H,1H3,(H,18,19)/b7-4+. The summed E-state index contributed by atoms with van der Waals surface area (Å²) in [5.41, 5.74) is 0.643. The van der Waals surface area contributed by atoms with Crippen molar-refractivity contribution in [3.05, 3.63) is 62.4 Å². The second-order valence-electron chi connectivity index (χ2n) is 4.39. The van der Waals surface area contributed by atoms with Crippen LogP contribution in [0.4, 0.5) is 5.69 Å². The average Bonchev–Trinajstić information content (AvgIpc) is 2.48. The van der Waals surface area contributed by atoms with Gasteiger partial charge in [0.1, 0.15) is 0 Å². The first kappa shape index (κ1) is 15.1. The first-order chi connectivity index (χ1) is 10.4. The lowest BCUT2D eigenvalue weighted by Gasteiger charge is -2.05. The molecule has 1 aromatic carbocycles. The summed E-state index contributed by atoms with van der Waals surface area (Å²) in [6.07, 6.45) is 2.04. The maximum absolute atomic E-state index is 11.9. The minimum atomic E-state index is -1.17. The Bertz CT molecular complexity index is 821. The summed E-state index contributed by atoms with van der Waals surface area (Å²) in [7, 11) is 1.44. The monoisotopic (exact) mass is 301 g/mol. The molecule has 2 rings (SSSR count). The van der Waals surface area contributed by atoms with Crippen LogP contribution < -0.4 is 5.56 Å². The second kappa shape index (κ2) is 6.00. The van der Waals surface area contributed by atoms with Gasteiger partial charge >= 0.3 is 5.97 Å². The van der Waals surface area contributed by atoms with Crippen LogP contribution in [0.2, 0.25) is 0 Å². The number of benzene rings is 1. The molecule has 0 aliphatic heterocycles. The number of nitro groups is 1. The van der Waals surface area contributed by atoms with Gasteiger partial charge < -0.3 is 5.11 Å². The number of carbonyl (C=O) groups is 1. The summed E-state index contributed by atoms with van der Waals surface area (Å²) in [5, 5.41) is 23.3. The van der Waals surface area contributed by atoms with Crippen molar-refractivity contribution < 1.29 is 14.8 Å². The van der Waals surface area contributed by atoms with Gasteiger partial charge in [0, 0.05) is 36.4 Å². The molecule has 0 unspecified atom stereocenters. The van der Waals surface area contributed by atoms with Crippen molar-refractivity contribution in [3.63, 3.8) is 0 Å². The van der Waals surface area contributed by atoms with Crippen LogP contribution in [0.15, 0.2) is 41.2 Å². The van der Waals surface area contributed by atoms with Crippen molar-refractivity contribution in [2.75, 3.05) is 0 Å². The molecule has 0 aliphatic carbocycles. The smallest absolute Gasteiger partial charge is 0.328 e. The Kier molecular flexibility index (Phi) is 4.12. The zero-order chi connectivity index (χ0) is 16.3. The normalized spacial score (nSPS) is 10.8. The van der Waals surface area contributed by atoms with Gasteiger partial charge in [0.2, 0.25) is 0 Å². The summed E-state index contributed by atoms with van der Waals surface area (Å²) in [4.78, 5) is 32.5. The van der Waals surface area contributed by atoms with Gasteiger partial charge in [-0.3, -0.25) is 14.9 Å². The zero-order valence-corrected chi connectivity index (χ0v) is 11.5. The number of hydrogen-bond donors (Lipinski definition) is 1. The highest BCUT2D eigenvalue weighted by molar-refractivity contribution is 5.85. The number of rotatable bonds is 4. The molecule has 22 heavy (non-hydrogen) atoms. The van der Waals surface area contributed by atoms with Gasteiger partial charge in [-0.1, -0.05) is 0 Å². The van der Waals surface area contributed by atoms with Crippen LogP contribution in [-0.2, 0) is 11.8 Å². The molecule has 0 saturated carbocycles. The second-order valence-corrected chi connectivity index (χ2v) is 4.39. The Hall–Kier alpha value is -3.29. The van der Waals surface area contributed by atoms with Gasteiger partial charge in [-0.05, 0) is 24.3 Å². The minimum Gasteiger partial charge on any atom is -0.478 e. The number of nitrogens with zero attached hydrogens (tertiary/aromatic N) is 3. The Morgan fingerprint density at radius 3 is 2.55 bits per heavy atom. The van der Waals surface area contributed by atoms with E-state index in [4.69, 9.17) is 5.11 Å². The van der Waals surface area contributed by atoms with Crippen molar-refractivity contribution in [2.24, 2.45) is 7.05 Å². The molecule has 0 saturated heterocycles. The number of carboxylic acids is 1. The van der Waals surface area contributed by atoms with Crippen LogP contribution in [0.5, 0.6) is 0 Å². The van der Waals surface area contributed by atoms with Gasteiger partial charge in [0.15, 0.2) is 0 Å². The van der Waals surface area contributed by atoms with Gasteiger partial charge in [0.05, 0.1) is 10.6 Å². The first-order valence-corrected chi connectivity index (χ1v) is 6.12. The van der Waals surface area contributed by atoms with Crippen molar-refractivity contribution in [3.8, 4) is 11.3 Å². The molecule has 8 heteroatoms. The Labute approximate surface area is 124 Å². The molecule has 1 N–H and O–H groups in total. The summed E-state index contributed by atoms with van der Waals surface area (Å²) >= 11 is 0. The van der Waals surface area contributed by atoms with Gasteiger partial charge in [0.25, 0.3) is 11.2 Å². The summed E-state index contributed by atoms with van der Waals surface area (Å²) in [6.45, 7) is 0. The average molecular weight is 301 g/mol. The maximum Gasteiger partial charge on any atom is 0.328 e. The fourth-order valence-corrected chi connectivity index (χ4v) is 1.81. The van der Waals surface area contributed by atoms with Crippen molar-refractivity contribution in [1.82, 2.24) is 9.78 Å². The van der Waals surface area contributed by atoms with Gasteiger partial charge in [-0.25, -0.2) is 9.48 Å². The Morgan fingerprint density at radius 2 is 2.00 bits per heavy atom. The van der Waals surface area contributed by atoms with Crippen LogP contribution in [0.3, 0.4) is 0 Å². The molecule has 0 bridgehead atoms. The van der Waals surface area contributed by atoms with Crippen LogP contribution in [0.1, 0.15) is 5.56 Å². The predicted molar refractivity (Wildman–Crippen MR) is 78.2 cm³/mol. The molecule has 2 aromatic rings. The lowest BCUT2D eigenvalue weighted by Crippen LogP contribution is -2.22. The Morgan fingerprint density at radius 1 is 1.36 bits per heavy atom. The Balaban J connectivity index is 2.49. The molecule has 8 nitrogen and oxygen atoms in total. The highest BCUT2D eigenvalue weighted by atomic mass is 16.6. The number of hydrogen-bond acceptors (Lipinski definition) is 5. The first-order valence-electron chi connectivity index (χ1n) is 6.12. The number of carboxylic acid groups (broad SMARTS) is 1. The van der Waals surface area contributed by atoms with Gasteiger partial charge in [-0.2, -0.15) is 5.10 Å². The topological polar surface area (TPSA) is 115 Å². The number of aromatic nitrogens is 2. The molecular formula is C14H11N3O5. The van der Waals surface area contributed by atoms with Crippen molar-refractivity contribution in [2.45, 2.75) is 0 Å². The molecule has 1 aromatic heterocycles. The fraction of sp³-hybridized carbons (Fsp3) is 0.0714. The fourth-order valence-electron chi connectivity index (χ4n) is 1.81. The van der Waals surface area contributed by atoms with E-state index in [1.54, 1.807) is 0 Å².